The predicted molar refractivity (Wildman–Crippen MR) is 77.2 cm³/mol. The van der Waals surface area contributed by atoms with E-state index in [1.165, 1.54) is 4.90 Å². The molecule has 1 aromatic carbocycles. The minimum atomic E-state index is -1.17. The van der Waals surface area contributed by atoms with E-state index in [9.17, 15) is 9.59 Å². The van der Waals surface area contributed by atoms with Gasteiger partial charge in [-0.2, -0.15) is 0 Å². The Bertz CT molecular complexity index is 602. The van der Waals surface area contributed by atoms with Crippen molar-refractivity contribution in [3.05, 3.63) is 34.9 Å². The fraction of sp³-hybridized carbons (Fsp3) is 0.357. The van der Waals surface area contributed by atoms with E-state index in [1.807, 2.05) is 25.1 Å². The lowest BCUT2D eigenvalue weighted by Crippen LogP contribution is -2.38. The van der Waals surface area contributed by atoms with Crippen LogP contribution in [-0.2, 0) is 14.4 Å². The van der Waals surface area contributed by atoms with Crippen LogP contribution in [0.5, 0.6) is 0 Å². The van der Waals surface area contributed by atoms with Crippen LogP contribution in [0.3, 0.4) is 0 Å². The number of hydrogen-bond acceptors (Lipinski definition) is 4. The lowest BCUT2D eigenvalue weighted by atomic mass is 10.1. The van der Waals surface area contributed by atoms with Gasteiger partial charge in [0.1, 0.15) is 0 Å². The molecule has 1 amide bonds. The number of rotatable bonds is 4. The number of carboxylic acid groups (broad SMARTS) is 1. The summed E-state index contributed by atoms with van der Waals surface area (Å²) in [5.41, 5.74) is 0.666. The Morgan fingerprint density at radius 2 is 2.14 bits per heavy atom. The first-order valence-corrected chi connectivity index (χ1v) is 6.76. The Hall–Kier alpha value is -2.08. The molecule has 21 heavy (non-hydrogen) atoms. The number of oxime groups is 1. The monoisotopic (exact) mass is 310 g/mol. The fourth-order valence-corrected chi connectivity index (χ4v) is 2.37. The van der Waals surface area contributed by atoms with Gasteiger partial charge in [0.25, 0.3) is 5.91 Å². The maximum atomic E-state index is 12.3. The van der Waals surface area contributed by atoms with Crippen molar-refractivity contribution in [2.24, 2.45) is 5.16 Å². The molecule has 1 aliphatic heterocycles. The average molecular weight is 311 g/mol. The highest BCUT2D eigenvalue weighted by atomic mass is 35.5. The van der Waals surface area contributed by atoms with Crippen molar-refractivity contribution in [3.8, 4) is 0 Å². The number of halogens is 1. The number of carbonyl (C=O) groups is 2. The van der Waals surface area contributed by atoms with Crippen LogP contribution < -0.4 is 0 Å². The van der Waals surface area contributed by atoms with Gasteiger partial charge in [-0.15, -0.1) is 0 Å². The molecule has 1 aliphatic rings. The molecule has 6 nitrogen and oxygen atoms in total. The van der Waals surface area contributed by atoms with E-state index in [0.717, 1.165) is 5.56 Å². The number of nitrogens with zero attached hydrogens (tertiary/aromatic N) is 2. The number of amides is 1. The zero-order valence-corrected chi connectivity index (χ0v) is 12.4. The summed E-state index contributed by atoms with van der Waals surface area (Å²) >= 11 is 6.12. The van der Waals surface area contributed by atoms with Crippen LogP contribution in [0.1, 0.15) is 24.9 Å². The van der Waals surface area contributed by atoms with Crippen LogP contribution in [0.25, 0.3) is 0 Å². The summed E-state index contributed by atoms with van der Waals surface area (Å²) < 4.78 is 0. The second-order valence-corrected chi connectivity index (χ2v) is 5.20. The number of carbonyl (C=O) groups excluding carboxylic acids is 1. The molecule has 0 saturated carbocycles. The minimum Gasteiger partial charge on any atom is -0.477 e. The van der Waals surface area contributed by atoms with Crippen LogP contribution in [0, 0.1) is 0 Å². The maximum absolute atomic E-state index is 12.3. The molecule has 2 rings (SSSR count). The van der Waals surface area contributed by atoms with Crippen molar-refractivity contribution in [1.29, 1.82) is 0 Å². The van der Waals surface area contributed by atoms with Gasteiger partial charge in [-0.05, 0) is 18.6 Å². The normalized spacial score (nSPS) is 18.6. The average Bonchev–Trinajstić information content (AvgIpc) is 2.95. The maximum Gasteiger partial charge on any atom is 0.353 e. The summed E-state index contributed by atoms with van der Waals surface area (Å²) in [6, 6.07) is 6.99. The van der Waals surface area contributed by atoms with E-state index in [0.29, 0.717) is 5.02 Å². The molecule has 0 aliphatic carbocycles. The van der Waals surface area contributed by atoms with E-state index >= 15 is 0 Å². The molecule has 1 heterocycles. The van der Waals surface area contributed by atoms with Crippen molar-refractivity contribution in [1.82, 2.24) is 4.90 Å². The minimum absolute atomic E-state index is 0.0340. The molecule has 1 aromatic rings. The van der Waals surface area contributed by atoms with Gasteiger partial charge in [0.15, 0.2) is 5.71 Å². The molecule has 0 saturated heterocycles. The Morgan fingerprint density at radius 1 is 1.48 bits per heavy atom. The summed E-state index contributed by atoms with van der Waals surface area (Å²) in [7, 11) is 1.62. The fourth-order valence-electron chi connectivity index (χ4n) is 2.08. The molecule has 0 bridgehead atoms. The van der Waals surface area contributed by atoms with E-state index in [-0.39, 0.29) is 24.1 Å². The quantitative estimate of drug-likeness (QED) is 0.923. The number of hydrogen-bond donors (Lipinski definition) is 1. The van der Waals surface area contributed by atoms with E-state index in [2.05, 4.69) is 5.16 Å². The van der Waals surface area contributed by atoms with Gasteiger partial charge in [0.05, 0.1) is 6.04 Å². The molecule has 0 radical (unpaired) electrons. The third kappa shape index (κ3) is 3.16. The first-order valence-electron chi connectivity index (χ1n) is 6.39. The van der Waals surface area contributed by atoms with Gasteiger partial charge in [0, 0.05) is 18.5 Å². The molecule has 112 valence electrons. The van der Waals surface area contributed by atoms with Crippen molar-refractivity contribution < 1.29 is 19.5 Å². The molecular formula is C14H15ClN2O4. The van der Waals surface area contributed by atoms with Crippen molar-refractivity contribution in [2.75, 3.05) is 7.05 Å². The van der Waals surface area contributed by atoms with E-state index in [1.54, 1.807) is 13.1 Å². The molecule has 0 spiro atoms. The standard InChI is InChI=1S/C14H15ClN2O4/c1-8(9-5-3-4-6-10(9)15)17(2)13(18)12-7-11(14(19)20)16-21-12/h3-6,8,12H,7H2,1-2H3,(H,19,20). The summed E-state index contributed by atoms with van der Waals surface area (Å²) in [5, 5.41) is 12.8. The SMILES string of the molecule is CC(c1ccccc1Cl)N(C)C(=O)C1CC(C(=O)O)=NO1. The number of likely N-dealkylation sites (N-methyl/N-ethyl adjacent to an activating group) is 1. The van der Waals surface area contributed by atoms with E-state index < -0.39 is 12.1 Å². The highest BCUT2D eigenvalue weighted by molar-refractivity contribution is 6.36. The van der Waals surface area contributed by atoms with Gasteiger partial charge >= 0.3 is 5.97 Å². The molecule has 2 unspecified atom stereocenters. The largest absolute Gasteiger partial charge is 0.477 e. The highest BCUT2D eigenvalue weighted by Crippen LogP contribution is 2.27. The topological polar surface area (TPSA) is 79.2 Å². The summed E-state index contributed by atoms with van der Waals surface area (Å²) in [5.74, 6) is -1.51. The van der Waals surface area contributed by atoms with Crippen LogP contribution in [0.2, 0.25) is 5.02 Å². The number of aliphatic carboxylic acids is 1. The summed E-state index contributed by atoms with van der Waals surface area (Å²) in [4.78, 5) is 29.5. The third-order valence-electron chi connectivity index (χ3n) is 3.48. The molecule has 0 aromatic heterocycles. The van der Waals surface area contributed by atoms with Crippen molar-refractivity contribution in [3.63, 3.8) is 0 Å². The Morgan fingerprint density at radius 3 is 2.71 bits per heavy atom. The predicted octanol–water partition coefficient (Wildman–Crippen LogP) is 2.09. The molecule has 7 heteroatoms. The van der Waals surface area contributed by atoms with Gasteiger partial charge in [-0.1, -0.05) is 35.0 Å². The molecular weight excluding hydrogens is 296 g/mol. The molecule has 2 atom stereocenters. The van der Waals surface area contributed by atoms with Crippen LogP contribution in [0.4, 0.5) is 0 Å². The smallest absolute Gasteiger partial charge is 0.353 e. The van der Waals surface area contributed by atoms with Crippen molar-refractivity contribution >= 4 is 29.2 Å². The van der Waals surface area contributed by atoms with Crippen LogP contribution >= 0.6 is 11.6 Å². The molecule has 0 fully saturated rings. The highest BCUT2D eigenvalue weighted by Gasteiger charge is 2.35. The van der Waals surface area contributed by atoms with Gasteiger partial charge in [-0.3, -0.25) is 4.79 Å². The third-order valence-corrected chi connectivity index (χ3v) is 3.82. The second kappa shape index (κ2) is 6.13. The van der Waals surface area contributed by atoms with Crippen LogP contribution in [0.15, 0.2) is 29.4 Å². The summed E-state index contributed by atoms with van der Waals surface area (Å²) in [6.45, 7) is 1.84. The summed E-state index contributed by atoms with van der Waals surface area (Å²) in [6.07, 6.45) is -0.931. The zero-order chi connectivity index (χ0) is 15.6. The van der Waals surface area contributed by atoms with Gasteiger partial charge < -0.3 is 14.8 Å². The second-order valence-electron chi connectivity index (χ2n) is 4.79. The van der Waals surface area contributed by atoms with E-state index in [4.69, 9.17) is 21.5 Å². The number of carboxylic acids is 1. The number of benzene rings is 1. The van der Waals surface area contributed by atoms with Gasteiger partial charge in [-0.25, -0.2) is 4.79 Å². The Balaban J connectivity index is 2.07. The lowest BCUT2D eigenvalue weighted by molar-refractivity contribution is -0.142. The van der Waals surface area contributed by atoms with Gasteiger partial charge in [0.2, 0.25) is 6.10 Å². The Kier molecular flexibility index (Phi) is 4.47. The zero-order valence-electron chi connectivity index (χ0n) is 11.6. The van der Waals surface area contributed by atoms with Crippen LogP contribution in [-0.4, -0.2) is 40.7 Å². The van der Waals surface area contributed by atoms with Crippen molar-refractivity contribution in [2.45, 2.75) is 25.5 Å². The molecule has 1 N–H and O–H groups in total. The first kappa shape index (κ1) is 15.3. The lowest BCUT2D eigenvalue weighted by Gasteiger charge is -2.27. The first-order chi connectivity index (χ1) is 9.91. The Labute approximate surface area is 126 Å².